The molecule has 1 atom stereocenters. The van der Waals surface area contributed by atoms with Crippen LogP contribution in [-0.2, 0) is 9.53 Å². The molecule has 0 unspecified atom stereocenters. The van der Waals surface area contributed by atoms with Crippen LogP contribution in [0.3, 0.4) is 0 Å². The standard InChI is InChI=1S/C30H38N8O5/c1-7-16-32-25-21(17-33-28(37-25)34-20-14-12-19(13-15-20)24(31)39)27(41)36-23-11-9-8-10-22(23)35-26(40)18(2)38(6)29(42)43-30(3,4)5/h8-15,17-18H,7,16H2,1-6H3,(H2,31,39)(H,35,40)(H,36,41)(H2,32,33,34,37)/t18-/m0/s1. The predicted molar refractivity (Wildman–Crippen MR) is 166 cm³/mol. The zero-order valence-corrected chi connectivity index (χ0v) is 25.1. The number of likely N-dealkylation sites (N-methyl/N-ethyl adjacent to an activating group) is 1. The summed E-state index contributed by atoms with van der Waals surface area (Å²) in [5.41, 5.74) is 6.44. The average Bonchev–Trinajstić information content (AvgIpc) is 2.95. The third-order valence-corrected chi connectivity index (χ3v) is 6.08. The van der Waals surface area contributed by atoms with Crippen molar-refractivity contribution < 1.29 is 23.9 Å². The molecule has 0 fully saturated rings. The molecule has 0 aliphatic carbocycles. The highest BCUT2D eigenvalue weighted by Crippen LogP contribution is 2.25. The lowest BCUT2D eigenvalue weighted by Gasteiger charge is -2.28. The summed E-state index contributed by atoms with van der Waals surface area (Å²) in [5, 5.41) is 11.8. The van der Waals surface area contributed by atoms with Gasteiger partial charge in [-0.15, -0.1) is 0 Å². The molecule has 3 rings (SSSR count). The highest BCUT2D eigenvalue weighted by Gasteiger charge is 2.27. The number of primary amides is 1. The van der Waals surface area contributed by atoms with Crippen molar-refractivity contribution in [2.24, 2.45) is 5.73 Å². The van der Waals surface area contributed by atoms with Crippen LogP contribution < -0.4 is 27.0 Å². The Balaban J connectivity index is 1.77. The number of anilines is 5. The first kappa shape index (κ1) is 32.3. The predicted octanol–water partition coefficient (Wildman–Crippen LogP) is 4.59. The van der Waals surface area contributed by atoms with E-state index in [4.69, 9.17) is 10.5 Å². The molecule has 0 aliphatic heterocycles. The Morgan fingerprint density at radius 1 is 1.00 bits per heavy atom. The summed E-state index contributed by atoms with van der Waals surface area (Å²) >= 11 is 0. The summed E-state index contributed by atoms with van der Waals surface area (Å²) in [7, 11) is 1.48. The van der Waals surface area contributed by atoms with Crippen LogP contribution in [0.1, 0.15) is 61.8 Å². The molecule has 13 heteroatoms. The van der Waals surface area contributed by atoms with Crippen LogP contribution in [0, 0.1) is 0 Å². The molecule has 0 saturated carbocycles. The lowest BCUT2D eigenvalue weighted by Crippen LogP contribution is -2.45. The molecular formula is C30H38N8O5. The molecule has 0 radical (unpaired) electrons. The van der Waals surface area contributed by atoms with Gasteiger partial charge in [-0.2, -0.15) is 4.98 Å². The molecule has 4 amide bonds. The van der Waals surface area contributed by atoms with E-state index in [1.54, 1.807) is 76.2 Å². The minimum absolute atomic E-state index is 0.183. The summed E-state index contributed by atoms with van der Waals surface area (Å²) in [4.78, 5) is 60.1. The van der Waals surface area contributed by atoms with Gasteiger partial charge in [-0.05, 0) is 70.5 Å². The number of nitrogens with one attached hydrogen (secondary N) is 4. The Labute approximate surface area is 250 Å². The van der Waals surface area contributed by atoms with Gasteiger partial charge in [0.1, 0.15) is 23.0 Å². The van der Waals surface area contributed by atoms with Gasteiger partial charge in [-0.25, -0.2) is 9.78 Å². The smallest absolute Gasteiger partial charge is 0.410 e. The number of carbonyl (C=O) groups is 4. The first-order valence-electron chi connectivity index (χ1n) is 13.7. The summed E-state index contributed by atoms with van der Waals surface area (Å²) < 4.78 is 5.35. The van der Waals surface area contributed by atoms with Crippen molar-refractivity contribution in [2.75, 3.05) is 34.9 Å². The van der Waals surface area contributed by atoms with Crippen molar-refractivity contribution in [3.05, 3.63) is 65.9 Å². The highest BCUT2D eigenvalue weighted by molar-refractivity contribution is 6.10. The number of amides is 4. The van der Waals surface area contributed by atoms with E-state index < -0.39 is 35.5 Å². The molecule has 0 saturated heterocycles. The van der Waals surface area contributed by atoms with E-state index in [1.807, 2.05) is 6.92 Å². The van der Waals surface area contributed by atoms with Gasteiger partial charge in [0.05, 0.1) is 11.4 Å². The highest BCUT2D eigenvalue weighted by atomic mass is 16.6. The summed E-state index contributed by atoms with van der Waals surface area (Å²) in [6.07, 6.45) is 1.54. The third kappa shape index (κ3) is 9.15. The molecule has 6 N–H and O–H groups in total. The summed E-state index contributed by atoms with van der Waals surface area (Å²) in [6, 6.07) is 12.3. The quantitative estimate of drug-likeness (QED) is 0.213. The molecule has 13 nitrogen and oxygen atoms in total. The molecule has 43 heavy (non-hydrogen) atoms. The maximum Gasteiger partial charge on any atom is 0.410 e. The van der Waals surface area contributed by atoms with Crippen molar-refractivity contribution in [3.8, 4) is 0 Å². The minimum Gasteiger partial charge on any atom is -0.444 e. The van der Waals surface area contributed by atoms with Gasteiger partial charge in [0.2, 0.25) is 17.8 Å². The lowest BCUT2D eigenvalue weighted by atomic mass is 10.2. The van der Waals surface area contributed by atoms with Crippen LogP contribution in [0.4, 0.5) is 33.6 Å². The van der Waals surface area contributed by atoms with Crippen LogP contribution in [0.25, 0.3) is 0 Å². The second-order valence-corrected chi connectivity index (χ2v) is 10.7. The topological polar surface area (TPSA) is 181 Å². The fourth-order valence-corrected chi connectivity index (χ4v) is 3.63. The van der Waals surface area contributed by atoms with Gasteiger partial charge in [-0.3, -0.25) is 19.3 Å². The van der Waals surface area contributed by atoms with Crippen LogP contribution in [-0.4, -0.2) is 63.9 Å². The van der Waals surface area contributed by atoms with Crippen LogP contribution in [0.2, 0.25) is 0 Å². The number of hydrogen-bond donors (Lipinski definition) is 5. The number of aromatic nitrogens is 2. The van der Waals surface area contributed by atoms with E-state index in [-0.39, 0.29) is 11.5 Å². The van der Waals surface area contributed by atoms with E-state index >= 15 is 0 Å². The summed E-state index contributed by atoms with van der Waals surface area (Å²) in [5.74, 6) is -0.968. The van der Waals surface area contributed by atoms with Crippen molar-refractivity contribution in [1.29, 1.82) is 0 Å². The Morgan fingerprint density at radius 2 is 1.63 bits per heavy atom. The molecule has 1 heterocycles. The fraction of sp³-hybridized carbons (Fsp3) is 0.333. The SMILES string of the molecule is CCCNc1nc(Nc2ccc(C(N)=O)cc2)ncc1C(=O)Nc1ccccc1NC(=O)[C@H](C)N(C)C(=O)OC(C)(C)C. The van der Waals surface area contributed by atoms with Gasteiger partial charge < -0.3 is 31.7 Å². The Morgan fingerprint density at radius 3 is 2.21 bits per heavy atom. The first-order chi connectivity index (χ1) is 20.3. The second-order valence-electron chi connectivity index (χ2n) is 10.7. The Bertz CT molecular complexity index is 1470. The maximum absolute atomic E-state index is 13.4. The third-order valence-electron chi connectivity index (χ3n) is 6.08. The van der Waals surface area contributed by atoms with Gasteiger partial charge in [-0.1, -0.05) is 19.1 Å². The Hall–Kier alpha value is -5.20. The molecule has 1 aromatic heterocycles. The van der Waals surface area contributed by atoms with Gasteiger partial charge in [0.25, 0.3) is 5.91 Å². The number of hydrogen-bond acceptors (Lipinski definition) is 9. The number of para-hydroxylation sites is 2. The van der Waals surface area contributed by atoms with E-state index in [9.17, 15) is 19.2 Å². The Kier molecular flexibility index (Phi) is 10.6. The number of rotatable bonds is 11. The van der Waals surface area contributed by atoms with Gasteiger partial charge in [0, 0.05) is 31.0 Å². The number of ether oxygens (including phenoxy) is 1. The largest absolute Gasteiger partial charge is 0.444 e. The van der Waals surface area contributed by atoms with E-state index in [1.165, 1.54) is 18.1 Å². The molecule has 228 valence electrons. The van der Waals surface area contributed by atoms with Crippen LogP contribution in [0.15, 0.2) is 54.7 Å². The number of nitrogens with two attached hydrogens (primary N) is 1. The second kappa shape index (κ2) is 14.1. The van der Waals surface area contributed by atoms with Crippen LogP contribution >= 0.6 is 0 Å². The van der Waals surface area contributed by atoms with Gasteiger partial charge >= 0.3 is 6.09 Å². The first-order valence-corrected chi connectivity index (χ1v) is 13.7. The number of nitrogens with zero attached hydrogens (tertiary/aromatic N) is 3. The van der Waals surface area contributed by atoms with E-state index in [0.29, 0.717) is 35.0 Å². The number of carbonyl (C=O) groups excluding carboxylic acids is 4. The van der Waals surface area contributed by atoms with E-state index in [2.05, 4.69) is 31.2 Å². The molecular weight excluding hydrogens is 552 g/mol. The maximum atomic E-state index is 13.4. The van der Waals surface area contributed by atoms with Crippen molar-refractivity contribution in [2.45, 2.75) is 52.7 Å². The fourth-order valence-electron chi connectivity index (χ4n) is 3.63. The van der Waals surface area contributed by atoms with Gasteiger partial charge in [0.15, 0.2) is 0 Å². The molecule has 0 aliphatic rings. The van der Waals surface area contributed by atoms with Crippen molar-refractivity contribution in [1.82, 2.24) is 14.9 Å². The lowest BCUT2D eigenvalue weighted by molar-refractivity contribution is -0.120. The van der Waals surface area contributed by atoms with Crippen molar-refractivity contribution in [3.63, 3.8) is 0 Å². The van der Waals surface area contributed by atoms with Crippen molar-refractivity contribution >= 4 is 52.6 Å². The summed E-state index contributed by atoms with van der Waals surface area (Å²) in [6.45, 7) is 9.34. The number of benzene rings is 2. The van der Waals surface area contributed by atoms with Crippen LogP contribution in [0.5, 0.6) is 0 Å². The molecule has 0 bridgehead atoms. The zero-order valence-electron chi connectivity index (χ0n) is 25.1. The minimum atomic E-state index is -0.858. The molecule has 0 spiro atoms. The normalized spacial score (nSPS) is 11.6. The zero-order chi connectivity index (χ0) is 31.7. The van der Waals surface area contributed by atoms with E-state index in [0.717, 1.165) is 6.42 Å². The molecule has 2 aromatic carbocycles. The average molecular weight is 591 g/mol. The monoisotopic (exact) mass is 590 g/mol. The molecule has 3 aromatic rings.